The molecule has 0 heterocycles. The molecule has 4 nitrogen and oxygen atoms in total. The van der Waals surface area contributed by atoms with E-state index in [1.807, 2.05) is 6.92 Å². The van der Waals surface area contributed by atoms with E-state index in [1.165, 1.54) is 11.8 Å². The smallest absolute Gasteiger partial charge is 0.257 e. The maximum absolute atomic E-state index is 11.7. The van der Waals surface area contributed by atoms with Crippen molar-refractivity contribution < 1.29 is 9.59 Å². The second-order valence-corrected chi connectivity index (χ2v) is 5.53. The van der Waals surface area contributed by atoms with Gasteiger partial charge < -0.3 is 5.73 Å². The number of nitrogens with two attached hydrogens (primary N) is 1. The van der Waals surface area contributed by atoms with Gasteiger partial charge in [-0.3, -0.25) is 14.9 Å². The highest BCUT2D eigenvalue weighted by atomic mass is 35.5. The van der Waals surface area contributed by atoms with Gasteiger partial charge in [-0.1, -0.05) is 18.5 Å². The van der Waals surface area contributed by atoms with E-state index < -0.39 is 5.91 Å². The summed E-state index contributed by atoms with van der Waals surface area (Å²) >= 11 is 7.14. The predicted molar refractivity (Wildman–Crippen MR) is 79.5 cm³/mol. The Bertz CT molecular complexity index is 437. The lowest BCUT2D eigenvalue weighted by Crippen LogP contribution is -2.32. The predicted octanol–water partition coefficient (Wildman–Crippen LogP) is 2.07. The van der Waals surface area contributed by atoms with Crippen molar-refractivity contribution in [2.45, 2.75) is 19.4 Å². The summed E-state index contributed by atoms with van der Waals surface area (Å²) in [7, 11) is 0. The fraction of sp³-hybridized carbons (Fsp3) is 0.385. The molecule has 3 N–H and O–H groups in total. The molecular formula is C13H17ClN2O2S. The summed E-state index contributed by atoms with van der Waals surface area (Å²) in [6, 6.07) is 6.45. The van der Waals surface area contributed by atoms with E-state index >= 15 is 0 Å². The molecule has 104 valence electrons. The molecule has 0 fully saturated rings. The largest absolute Gasteiger partial charge is 0.327 e. The van der Waals surface area contributed by atoms with Gasteiger partial charge in [-0.25, -0.2) is 0 Å². The highest BCUT2D eigenvalue weighted by molar-refractivity contribution is 8.00. The SMILES string of the molecule is CCC(N)CSCC(=O)NC(=O)c1ccc(Cl)cc1. The molecule has 0 aliphatic carbocycles. The monoisotopic (exact) mass is 300 g/mol. The first-order valence-corrected chi connectivity index (χ1v) is 7.49. The maximum Gasteiger partial charge on any atom is 0.257 e. The van der Waals surface area contributed by atoms with E-state index in [4.69, 9.17) is 17.3 Å². The molecule has 2 amide bonds. The highest BCUT2D eigenvalue weighted by Gasteiger charge is 2.10. The van der Waals surface area contributed by atoms with Crippen LogP contribution in [0.3, 0.4) is 0 Å². The average Bonchev–Trinajstić information content (AvgIpc) is 2.39. The van der Waals surface area contributed by atoms with Crippen LogP contribution in [0.5, 0.6) is 0 Å². The molecule has 0 saturated carbocycles. The molecule has 6 heteroatoms. The first kappa shape index (κ1) is 16.0. The Labute approximate surface area is 122 Å². The topological polar surface area (TPSA) is 72.2 Å². The standard InChI is InChI=1S/C13H17ClN2O2S/c1-2-11(15)7-19-8-12(17)16-13(18)9-3-5-10(14)6-4-9/h3-6,11H,2,7-8,15H2,1H3,(H,16,17,18). The Morgan fingerprint density at radius 1 is 1.37 bits per heavy atom. The van der Waals surface area contributed by atoms with Crippen molar-refractivity contribution in [1.29, 1.82) is 0 Å². The Hall–Kier alpha value is -1.04. The quantitative estimate of drug-likeness (QED) is 0.843. The summed E-state index contributed by atoms with van der Waals surface area (Å²) in [5, 5.41) is 2.87. The fourth-order valence-electron chi connectivity index (χ4n) is 1.26. The number of nitrogens with one attached hydrogen (secondary N) is 1. The molecule has 1 unspecified atom stereocenters. The minimum atomic E-state index is -0.415. The van der Waals surface area contributed by atoms with Crippen LogP contribution in [0.1, 0.15) is 23.7 Å². The minimum absolute atomic E-state index is 0.0877. The zero-order chi connectivity index (χ0) is 14.3. The van der Waals surface area contributed by atoms with Crippen LogP contribution in [-0.2, 0) is 4.79 Å². The van der Waals surface area contributed by atoms with Crippen LogP contribution in [0.25, 0.3) is 0 Å². The Morgan fingerprint density at radius 3 is 2.58 bits per heavy atom. The van der Waals surface area contributed by atoms with Crippen molar-refractivity contribution in [1.82, 2.24) is 5.32 Å². The van der Waals surface area contributed by atoms with E-state index in [0.29, 0.717) is 16.3 Å². The summed E-state index contributed by atoms with van der Waals surface area (Å²) in [5.74, 6) is 0.210. The lowest BCUT2D eigenvalue weighted by Gasteiger charge is -2.08. The first-order valence-electron chi connectivity index (χ1n) is 5.96. The van der Waals surface area contributed by atoms with Crippen molar-refractivity contribution in [2.24, 2.45) is 5.73 Å². The van der Waals surface area contributed by atoms with E-state index in [-0.39, 0.29) is 17.7 Å². The molecule has 0 aliphatic rings. The second kappa shape index (κ2) is 8.19. The van der Waals surface area contributed by atoms with Gasteiger partial charge in [0.1, 0.15) is 0 Å². The molecule has 0 aromatic heterocycles. The molecule has 1 rings (SSSR count). The summed E-state index contributed by atoms with van der Waals surface area (Å²) in [4.78, 5) is 23.3. The number of halogens is 1. The Balaban J connectivity index is 2.36. The van der Waals surface area contributed by atoms with Crippen molar-refractivity contribution in [3.8, 4) is 0 Å². The fourth-order valence-corrected chi connectivity index (χ4v) is 2.30. The van der Waals surface area contributed by atoms with Gasteiger partial charge in [-0.05, 0) is 30.7 Å². The van der Waals surface area contributed by atoms with E-state index in [2.05, 4.69) is 5.32 Å². The average molecular weight is 301 g/mol. The van der Waals surface area contributed by atoms with Crippen molar-refractivity contribution in [2.75, 3.05) is 11.5 Å². The van der Waals surface area contributed by atoms with E-state index in [1.54, 1.807) is 24.3 Å². The molecule has 1 aromatic carbocycles. The van der Waals surface area contributed by atoms with Crippen LogP contribution >= 0.6 is 23.4 Å². The molecule has 0 bridgehead atoms. The summed E-state index contributed by atoms with van der Waals surface area (Å²) in [6.45, 7) is 2.00. The lowest BCUT2D eigenvalue weighted by molar-refractivity contribution is -0.117. The summed E-state index contributed by atoms with van der Waals surface area (Å²) < 4.78 is 0. The van der Waals surface area contributed by atoms with Gasteiger partial charge in [0.25, 0.3) is 5.91 Å². The number of hydrogen-bond acceptors (Lipinski definition) is 4. The number of rotatable bonds is 6. The lowest BCUT2D eigenvalue weighted by atomic mass is 10.2. The van der Waals surface area contributed by atoms with Crippen LogP contribution in [0.2, 0.25) is 5.02 Å². The van der Waals surface area contributed by atoms with Crippen molar-refractivity contribution in [3.05, 3.63) is 34.9 Å². The Kier molecular flexibility index (Phi) is 6.91. The van der Waals surface area contributed by atoms with Crippen LogP contribution in [0.15, 0.2) is 24.3 Å². The first-order chi connectivity index (χ1) is 9.02. The number of carbonyl (C=O) groups excluding carboxylic acids is 2. The zero-order valence-electron chi connectivity index (χ0n) is 10.7. The third-order valence-corrected chi connectivity index (χ3v) is 3.83. The Morgan fingerprint density at radius 2 is 2.00 bits per heavy atom. The van der Waals surface area contributed by atoms with Gasteiger partial charge in [0, 0.05) is 22.4 Å². The molecule has 1 atom stereocenters. The highest BCUT2D eigenvalue weighted by Crippen LogP contribution is 2.09. The van der Waals surface area contributed by atoms with Crippen LogP contribution in [-0.4, -0.2) is 29.4 Å². The van der Waals surface area contributed by atoms with Gasteiger partial charge in [-0.15, -0.1) is 0 Å². The minimum Gasteiger partial charge on any atom is -0.327 e. The third-order valence-electron chi connectivity index (χ3n) is 2.45. The molecule has 0 spiro atoms. The van der Waals surface area contributed by atoms with Crippen molar-refractivity contribution >= 4 is 35.2 Å². The summed E-state index contributed by atoms with van der Waals surface area (Å²) in [5.41, 5.74) is 6.14. The van der Waals surface area contributed by atoms with Crippen LogP contribution in [0.4, 0.5) is 0 Å². The number of carbonyl (C=O) groups is 2. The number of hydrogen-bond donors (Lipinski definition) is 2. The third kappa shape index (κ3) is 6.09. The maximum atomic E-state index is 11.7. The van der Waals surface area contributed by atoms with Gasteiger partial charge >= 0.3 is 0 Å². The summed E-state index contributed by atoms with van der Waals surface area (Å²) in [6.07, 6.45) is 0.873. The molecule has 0 saturated heterocycles. The molecule has 19 heavy (non-hydrogen) atoms. The van der Waals surface area contributed by atoms with Crippen LogP contribution in [0, 0.1) is 0 Å². The molecular weight excluding hydrogens is 284 g/mol. The van der Waals surface area contributed by atoms with Gasteiger partial charge in [0.2, 0.25) is 5.91 Å². The molecule has 1 aromatic rings. The van der Waals surface area contributed by atoms with E-state index in [9.17, 15) is 9.59 Å². The second-order valence-electron chi connectivity index (χ2n) is 4.07. The molecule has 0 aliphatic heterocycles. The number of thioether (sulfide) groups is 1. The van der Waals surface area contributed by atoms with Crippen LogP contribution < -0.4 is 11.1 Å². The zero-order valence-corrected chi connectivity index (χ0v) is 12.3. The normalized spacial score (nSPS) is 11.9. The number of benzene rings is 1. The number of imide groups is 1. The van der Waals surface area contributed by atoms with E-state index in [0.717, 1.165) is 6.42 Å². The van der Waals surface area contributed by atoms with Crippen molar-refractivity contribution in [3.63, 3.8) is 0 Å². The number of amides is 2. The molecule has 0 radical (unpaired) electrons. The van der Waals surface area contributed by atoms with Gasteiger partial charge in [0.15, 0.2) is 0 Å². The van der Waals surface area contributed by atoms with Gasteiger partial charge in [-0.2, -0.15) is 11.8 Å². The van der Waals surface area contributed by atoms with Gasteiger partial charge in [0.05, 0.1) is 5.75 Å².